The molecular weight excluding hydrogens is 251 g/mol. The normalized spacial score (nSPS) is 14.5. The summed E-state index contributed by atoms with van der Waals surface area (Å²) in [5, 5.41) is 0. The van der Waals surface area contributed by atoms with Crippen molar-refractivity contribution in [1.82, 2.24) is 0 Å². The molecule has 0 spiro atoms. The predicted molar refractivity (Wildman–Crippen MR) is 54.8 cm³/mol. The first-order chi connectivity index (χ1) is 6.59. The van der Waals surface area contributed by atoms with Gasteiger partial charge in [0.2, 0.25) is 0 Å². The maximum absolute atomic E-state index is 13.8. The minimum atomic E-state index is -2.25. The van der Waals surface area contributed by atoms with E-state index < -0.39 is 10.5 Å². The summed E-state index contributed by atoms with van der Waals surface area (Å²) in [6.45, 7) is 1.79. The van der Waals surface area contributed by atoms with E-state index in [2.05, 4.69) is 20.7 Å². The fourth-order valence-electron chi connectivity index (χ4n) is 0.987. The second-order valence-corrected chi connectivity index (χ2v) is 3.75. The zero-order valence-electron chi connectivity index (χ0n) is 7.67. The summed E-state index contributed by atoms with van der Waals surface area (Å²) in [6, 6.07) is 8.10. The molecule has 0 saturated carbocycles. The fourth-order valence-corrected chi connectivity index (χ4v) is 1.37. The molecular formula is C10H10BrFO2. The molecule has 1 rings (SSSR count). The molecule has 0 radical (unpaired) electrons. The number of hydrogen-bond acceptors (Lipinski definition) is 2. The highest BCUT2D eigenvalue weighted by molar-refractivity contribution is 9.10. The molecule has 14 heavy (non-hydrogen) atoms. The number of esters is 1. The molecule has 0 aliphatic heterocycles. The Morgan fingerprint density at radius 3 is 2.57 bits per heavy atom. The van der Waals surface area contributed by atoms with Gasteiger partial charge in [-0.3, -0.25) is 0 Å². The Morgan fingerprint density at radius 1 is 1.50 bits per heavy atom. The van der Waals surface area contributed by atoms with Crippen molar-refractivity contribution >= 4 is 21.9 Å². The number of benzene rings is 1. The summed E-state index contributed by atoms with van der Waals surface area (Å²) in [5.74, 6) is -0.925. The lowest BCUT2D eigenvalue weighted by molar-refractivity contribution is -0.151. The topological polar surface area (TPSA) is 26.3 Å². The minimum absolute atomic E-state index is 0.156. The van der Waals surface area contributed by atoms with E-state index in [0.717, 1.165) is 0 Å². The summed E-state index contributed by atoms with van der Waals surface area (Å²) in [5.41, 5.74) is 0.235. The number of hydrogen-bond donors (Lipinski definition) is 0. The minimum Gasteiger partial charge on any atom is -0.463 e. The SMILES string of the molecule is CCOC(=O)C(F)(Br)c1ccccc1. The van der Waals surface area contributed by atoms with Crippen LogP contribution in [0.2, 0.25) is 0 Å². The third-order valence-electron chi connectivity index (χ3n) is 1.67. The van der Waals surface area contributed by atoms with Crippen molar-refractivity contribution in [3.05, 3.63) is 35.9 Å². The molecule has 4 heteroatoms. The van der Waals surface area contributed by atoms with Gasteiger partial charge in [0.15, 0.2) is 0 Å². The third-order valence-corrected chi connectivity index (χ3v) is 2.45. The summed E-state index contributed by atoms with van der Waals surface area (Å²) in [6.07, 6.45) is 0. The van der Waals surface area contributed by atoms with Crippen LogP contribution in [-0.4, -0.2) is 12.6 Å². The van der Waals surface area contributed by atoms with Crippen LogP contribution in [0.5, 0.6) is 0 Å². The largest absolute Gasteiger partial charge is 0.463 e. The molecule has 0 saturated heterocycles. The molecule has 0 amide bonds. The van der Waals surface area contributed by atoms with Crippen LogP contribution < -0.4 is 0 Å². The Morgan fingerprint density at radius 2 is 2.07 bits per heavy atom. The Bertz CT molecular complexity index is 311. The van der Waals surface area contributed by atoms with E-state index in [9.17, 15) is 9.18 Å². The molecule has 1 aromatic carbocycles. The van der Waals surface area contributed by atoms with Gasteiger partial charge in [-0.1, -0.05) is 30.3 Å². The lowest BCUT2D eigenvalue weighted by Gasteiger charge is -2.16. The van der Waals surface area contributed by atoms with Crippen LogP contribution in [-0.2, 0) is 14.1 Å². The molecule has 1 atom stereocenters. The lowest BCUT2D eigenvalue weighted by Crippen LogP contribution is -2.26. The van der Waals surface area contributed by atoms with Crippen LogP contribution >= 0.6 is 15.9 Å². The van der Waals surface area contributed by atoms with E-state index in [1.54, 1.807) is 25.1 Å². The van der Waals surface area contributed by atoms with E-state index in [0.29, 0.717) is 0 Å². The molecule has 0 heterocycles. The average molecular weight is 261 g/mol. The van der Waals surface area contributed by atoms with Crippen molar-refractivity contribution in [3.63, 3.8) is 0 Å². The van der Waals surface area contributed by atoms with Gasteiger partial charge in [-0.15, -0.1) is 0 Å². The number of ether oxygens (including phenoxy) is 1. The highest BCUT2D eigenvalue weighted by atomic mass is 79.9. The molecule has 1 unspecified atom stereocenters. The molecule has 2 nitrogen and oxygen atoms in total. The maximum Gasteiger partial charge on any atom is 0.360 e. The smallest absolute Gasteiger partial charge is 0.360 e. The van der Waals surface area contributed by atoms with Crippen molar-refractivity contribution in [2.24, 2.45) is 0 Å². The van der Waals surface area contributed by atoms with Gasteiger partial charge in [-0.05, 0) is 22.9 Å². The Balaban J connectivity index is 2.90. The molecule has 0 bridgehead atoms. The van der Waals surface area contributed by atoms with E-state index in [1.165, 1.54) is 12.1 Å². The van der Waals surface area contributed by atoms with Gasteiger partial charge in [0.25, 0.3) is 4.58 Å². The molecule has 76 valence electrons. The Kier molecular flexibility index (Phi) is 3.63. The summed E-state index contributed by atoms with van der Waals surface area (Å²) in [7, 11) is 0. The van der Waals surface area contributed by atoms with Gasteiger partial charge in [0.1, 0.15) is 0 Å². The third kappa shape index (κ3) is 2.32. The van der Waals surface area contributed by atoms with Gasteiger partial charge in [0.05, 0.1) is 6.61 Å². The lowest BCUT2D eigenvalue weighted by atomic mass is 10.1. The van der Waals surface area contributed by atoms with E-state index >= 15 is 0 Å². The zero-order chi connectivity index (χ0) is 10.6. The summed E-state index contributed by atoms with van der Waals surface area (Å²) < 4.78 is 16.2. The first kappa shape index (κ1) is 11.2. The summed E-state index contributed by atoms with van der Waals surface area (Å²) >= 11 is 2.72. The molecule has 0 aliphatic carbocycles. The summed E-state index contributed by atoms with van der Waals surface area (Å²) in [4.78, 5) is 11.2. The van der Waals surface area contributed by atoms with Crippen molar-refractivity contribution in [2.75, 3.05) is 6.61 Å². The van der Waals surface area contributed by atoms with Crippen LogP contribution in [0.1, 0.15) is 12.5 Å². The fraction of sp³-hybridized carbons (Fsp3) is 0.300. The van der Waals surface area contributed by atoms with Crippen LogP contribution in [0.15, 0.2) is 30.3 Å². The maximum atomic E-state index is 13.8. The highest BCUT2D eigenvalue weighted by Gasteiger charge is 2.39. The highest BCUT2D eigenvalue weighted by Crippen LogP contribution is 2.34. The van der Waals surface area contributed by atoms with E-state index in [4.69, 9.17) is 0 Å². The molecule has 1 aromatic rings. The Labute approximate surface area is 90.2 Å². The zero-order valence-corrected chi connectivity index (χ0v) is 9.25. The number of carbonyl (C=O) groups excluding carboxylic acids is 1. The van der Waals surface area contributed by atoms with Crippen molar-refractivity contribution in [2.45, 2.75) is 11.5 Å². The number of halogens is 2. The molecule has 0 aliphatic rings. The quantitative estimate of drug-likeness (QED) is 0.617. The van der Waals surface area contributed by atoms with Gasteiger partial charge < -0.3 is 4.74 Å². The van der Waals surface area contributed by atoms with Gasteiger partial charge in [0, 0.05) is 5.56 Å². The number of alkyl halides is 2. The molecule has 0 aromatic heterocycles. The monoisotopic (exact) mass is 260 g/mol. The van der Waals surface area contributed by atoms with Gasteiger partial charge in [-0.2, -0.15) is 0 Å². The van der Waals surface area contributed by atoms with Crippen molar-refractivity contribution in [3.8, 4) is 0 Å². The van der Waals surface area contributed by atoms with E-state index in [-0.39, 0.29) is 12.2 Å². The van der Waals surface area contributed by atoms with Crippen molar-refractivity contribution < 1.29 is 13.9 Å². The van der Waals surface area contributed by atoms with Gasteiger partial charge in [-0.25, -0.2) is 9.18 Å². The predicted octanol–water partition coefficient (Wildman–Crippen LogP) is 2.77. The van der Waals surface area contributed by atoms with E-state index in [1.807, 2.05) is 0 Å². The molecule has 0 fully saturated rings. The Hall–Kier alpha value is -0.900. The van der Waals surface area contributed by atoms with Crippen LogP contribution in [0, 0.1) is 0 Å². The average Bonchev–Trinajstić information content (AvgIpc) is 2.19. The molecule has 0 N–H and O–H groups in total. The van der Waals surface area contributed by atoms with Crippen molar-refractivity contribution in [1.29, 1.82) is 0 Å². The van der Waals surface area contributed by atoms with Crippen LogP contribution in [0.25, 0.3) is 0 Å². The first-order valence-electron chi connectivity index (χ1n) is 4.19. The van der Waals surface area contributed by atoms with Gasteiger partial charge >= 0.3 is 5.97 Å². The second kappa shape index (κ2) is 4.55. The second-order valence-electron chi connectivity index (χ2n) is 2.66. The number of carbonyl (C=O) groups is 1. The number of rotatable bonds is 3. The van der Waals surface area contributed by atoms with Crippen LogP contribution in [0.4, 0.5) is 4.39 Å². The first-order valence-corrected chi connectivity index (χ1v) is 4.99. The standard InChI is InChI=1S/C10H10BrFO2/c1-2-14-9(13)10(11,12)8-6-4-3-5-7-8/h3-7H,2H2,1H3. The van der Waals surface area contributed by atoms with Crippen LogP contribution in [0.3, 0.4) is 0 Å².